The van der Waals surface area contributed by atoms with Crippen molar-refractivity contribution in [2.75, 3.05) is 17.7 Å². The molecule has 6 heteroatoms. The Labute approximate surface area is 116 Å². The van der Waals surface area contributed by atoms with Gasteiger partial charge in [-0.1, -0.05) is 18.5 Å². The molecule has 1 heterocycles. The van der Waals surface area contributed by atoms with Gasteiger partial charge in [-0.2, -0.15) is 4.98 Å². The highest BCUT2D eigenvalue weighted by Gasteiger charge is 2.04. The summed E-state index contributed by atoms with van der Waals surface area (Å²) in [5.74, 6) is 1.49. The number of rotatable bonds is 5. The number of halogens is 1. The summed E-state index contributed by atoms with van der Waals surface area (Å²) < 4.78 is 5.50. The number of benzene rings is 1. The van der Waals surface area contributed by atoms with Crippen molar-refractivity contribution in [2.45, 2.75) is 13.3 Å². The Morgan fingerprint density at radius 1 is 1.32 bits per heavy atom. The smallest absolute Gasteiger partial charge is 0.222 e. The molecule has 2 aromatic rings. The molecule has 2 rings (SSSR count). The van der Waals surface area contributed by atoms with Crippen molar-refractivity contribution in [1.82, 2.24) is 9.97 Å². The topological polar surface area (TPSA) is 73.1 Å². The molecule has 1 aromatic carbocycles. The Morgan fingerprint density at radius 2 is 2.05 bits per heavy atom. The summed E-state index contributed by atoms with van der Waals surface area (Å²) in [6.07, 6.45) is 2.45. The van der Waals surface area contributed by atoms with E-state index in [4.69, 9.17) is 22.1 Å². The lowest BCUT2D eigenvalue weighted by atomic mass is 10.3. The SMILES string of the molecule is CCCOc1ccc(Nc2nc(N)ncc2Cl)cc1. The van der Waals surface area contributed by atoms with Crippen molar-refractivity contribution in [1.29, 1.82) is 0 Å². The molecule has 0 radical (unpaired) electrons. The second kappa shape index (κ2) is 6.24. The molecule has 3 N–H and O–H groups in total. The number of nitrogens with two attached hydrogens (primary N) is 1. The Morgan fingerprint density at radius 3 is 2.74 bits per heavy atom. The first-order valence-corrected chi connectivity index (χ1v) is 6.34. The number of aromatic nitrogens is 2. The predicted molar refractivity (Wildman–Crippen MR) is 77.0 cm³/mol. The van der Waals surface area contributed by atoms with Crippen LogP contribution in [0, 0.1) is 0 Å². The van der Waals surface area contributed by atoms with Crippen LogP contribution in [0.3, 0.4) is 0 Å². The van der Waals surface area contributed by atoms with E-state index in [0.717, 1.165) is 17.9 Å². The van der Waals surface area contributed by atoms with Crippen molar-refractivity contribution in [2.24, 2.45) is 0 Å². The van der Waals surface area contributed by atoms with E-state index in [1.807, 2.05) is 24.3 Å². The van der Waals surface area contributed by atoms with Crippen LogP contribution in [0.25, 0.3) is 0 Å². The van der Waals surface area contributed by atoms with Gasteiger partial charge in [0.15, 0.2) is 5.82 Å². The van der Waals surface area contributed by atoms with Gasteiger partial charge in [-0.15, -0.1) is 0 Å². The molecule has 0 saturated carbocycles. The number of hydrogen-bond acceptors (Lipinski definition) is 5. The number of ether oxygens (including phenoxy) is 1. The molecule has 0 fully saturated rings. The minimum atomic E-state index is 0.176. The fourth-order valence-electron chi connectivity index (χ4n) is 1.46. The first kappa shape index (κ1) is 13.4. The maximum absolute atomic E-state index is 5.98. The number of hydrogen-bond donors (Lipinski definition) is 2. The zero-order valence-electron chi connectivity index (χ0n) is 10.6. The fraction of sp³-hybridized carbons (Fsp3) is 0.231. The molecular formula is C13H15ClN4O. The van der Waals surface area contributed by atoms with Crippen LogP contribution >= 0.6 is 11.6 Å². The normalized spacial score (nSPS) is 10.2. The van der Waals surface area contributed by atoms with E-state index in [1.165, 1.54) is 6.20 Å². The molecule has 0 aliphatic rings. The van der Waals surface area contributed by atoms with Gasteiger partial charge < -0.3 is 15.8 Å². The number of nitrogens with one attached hydrogen (secondary N) is 1. The quantitative estimate of drug-likeness (QED) is 0.878. The van der Waals surface area contributed by atoms with Crippen LogP contribution in [0.15, 0.2) is 30.5 Å². The zero-order chi connectivity index (χ0) is 13.7. The van der Waals surface area contributed by atoms with Crippen molar-refractivity contribution < 1.29 is 4.74 Å². The van der Waals surface area contributed by atoms with Gasteiger partial charge in [-0.25, -0.2) is 4.98 Å². The molecule has 0 aliphatic heterocycles. The van der Waals surface area contributed by atoms with Crippen molar-refractivity contribution >= 4 is 29.1 Å². The zero-order valence-corrected chi connectivity index (χ0v) is 11.3. The van der Waals surface area contributed by atoms with E-state index in [-0.39, 0.29) is 5.95 Å². The van der Waals surface area contributed by atoms with E-state index >= 15 is 0 Å². The molecule has 0 atom stereocenters. The van der Waals surface area contributed by atoms with E-state index in [2.05, 4.69) is 22.2 Å². The molecule has 5 nitrogen and oxygen atoms in total. The van der Waals surface area contributed by atoms with Crippen LogP contribution in [-0.2, 0) is 0 Å². The average molecular weight is 279 g/mol. The third-order valence-corrected chi connectivity index (χ3v) is 2.63. The number of nitrogens with zero attached hydrogens (tertiary/aromatic N) is 2. The average Bonchev–Trinajstić information content (AvgIpc) is 2.42. The highest BCUT2D eigenvalue weighted by Crippen LogP contribution is 2.24. The summed E-state index contributed by atoms with van der Waals surface area (Å²) >= 11 is 5.98. The minimum absolute atomic E-state index is 0.176. The van der Waals surface area contributed by atoms with Gasteiger partial charge in [0, 0.05) is 5.69 Å². The number of nitrogen functional groups attached to an aromatic ring is 1. The van der Waals surface area contributed by atoms with Gasteiger partial charge in [0.25, 0.3) is 0 Å². The molecule has 0 aliphatic carbocycles. The summed E-state index contributed by atoms with van der Waals surface area (Å²) in [4.78, 5) is 7.84. The molecule has 0 spiro atoms. The third-order valence-electron chi connectivity index (χ3n) is 2.35. The van der Waals surface area contributed by atoms with Gasteiger partial charge >= 0.3 is 0 Å². The van der Waals surface area contributed by atoms with Crippen molar-refractivity contribution in [3.63, 3.8) is 0 Å². The first-order chi connectivity index (χ1) is 9.19. The molecule has 19 heavy (non-hydrogen) atoms. The van der Waals surface area contributed by atoms with Gasteiger partial charge in [0.1, 0.15) is 10.8 Å². The molecule has 0 unspecified atom stereocenters. The Kier molecular flexibility index (Phi) is 4.41. The first-order valence-electron chi connectivity index (χ1n) is 5.97. The second-order valence-electron chi connectivity index (χ2n) is 3.92. The Bertz CT molecular complexity index is 545. The van der Waals surface area contributed by atoms with Crippen LogP contribution < -0.4 is 15.8 Å². The highest BCUT2D eigenvalue weighted by molar-refractivity contribution is 6.32. The van der Waals surface area contributed by atoms with Gasteiger partial charge in [-0.3, -0.25) is 0 Å². The Balaban J connectivity index is 2.08. The van der Waals surface area contributed by atoms with Gasteiger partial charge in [0.05, 0.1) is 12.8 Å². The minimum Gasteiger partial charge on any atom is -0.494 e. The van der Waals surface area contributed by atoms with E-state index in [9.17, 15) is 0 Å². The summed E-state index contributed by atoms with van der Waals surface area (Å²) in [7, 11) is 0. The van der Waals surface area contributed by atoms with Gasteiger partial charge in [0.2, 0.25) is 5.95 Å². The fourth-order valence-corrected chi connectivity index (χ4v) is 1.60. The van der Waals surface area contributed by atoms with Crippen LogP contribution in [-0.4, -0.2) is 16.6 Å². The largest absolute Gasteiger partial charge is 0.494 e. The van der Waals surface area contributed by atoms with Crippen LogP contribution in [0.4, 0.5) is 17.5 Å². The summed E-state index contributed by atoms with van der Waals surface area (Å²) in [5.41, 5.74) is 6.37. The standard InChI is InChI=1S/C13H15ClN4O/c1-2-7-19-10-5-3-9(4-6-10)17-12-11(14)8-16-13(15)18-12/h3-6,8H,2,7H2,1H3,(H3,15,16,17,18). The Hall–Kier alpha value is -2.01. The maximum atomic E-state index is 5.98. The van der Waals surface area contributed by atoms with Crippen LogP contribution in [0.1, 0.15) is 13.3 Å². The lowest BCUT2D eigenvalue weighted by molar-refractivity contribution is 0.317. The molecule has 0 bridgehead atoms. The predicted octanol–water partition coefficient (Wildman–Crippen LogP) is 3.24. The highest BCUT2D eigenvalue weighted by atomic mass is 35.5. The summed E-state index contributed by atoms with van der Waals surface area (Å²) in [6.45, 7) is 2.78. The lowest BCUT2D eigenvalue weighted by Gasteiger charge is -2.09. The maximum Gasteiger partial charge on any atom is 0.222 e. The second-order valence-corrected chi connectivity index (χ2v) is 4.33. The molecule has 100 valence electrons. The third kappa shape index (κ3) is 3.72. The lowest BCUT2D eigenvalue weighted by Crippen LogP contribution is -2.00. The van der Waals surface area contributed by atoms with Gasteiger partial charge in [-0.05, 0) is 30.7 Å². The van der Waals surface area contributed by atoms with Crippen molar-refractivity contribution in [3.8, 4) is 5.75 Å². The molecule has 0 saturated heterocycles. The van der Waals surface area contributed by atoms with Crippen molar-refractivity contribution in [3.05, 3.63) is 35.5 Å². The monoisotopic (exact) mass is 278 g/mol. The van der Waals surface area contributed by atoms with Crippen LogP contribution in [0.2, 0.25) is 5.02 Å². The molecular weight excluding hydrogens is 264 g/mol. The summed E-state index contributed by atoms with van der Waals surface area (Å²) in [5, 5.41) is 3.49. The summed E-state index contributed by atoms with van der Waals surface area (Å²) in [6, 6.07) is 7.55. The van der Waals surface area contributed by atoms with E-state index < -0.39 is 0 Å². The van der Waals surface area contributed by atoms with E-state index in [0.29, 0.717) is 17.4 Å². The molecule has 0 amide bonds. The number of anilines is 3. The molecule has 1 aromatic heterocycles. The van der Waals surface area contributed by atoms with Crippen LogP contribution in [0.5, 0.6) is 5.75 Å². The van der Waals surface area contributed by atoms with E-state index in [1.54, 1.807) is 0 Å².